The molecule has 3 aromatic rings. The van der Waals surface area contributed by atoms with E-state index in [9.17, 15) is 26.2 Å². The Morgan fingerprint density at radius 1 is 0.761 bits per heavy atom. The predicted octanol–water partition coefficient (Wildman–Crippen LogP) is 3.93. The standard InChI is InChI=1S/C16H24N2O4S.2C6H6.C2H6O2S.2C2H6O/c1-14-4-3-5-15(12-14)13-16(19)17-6-8-18(2,9-7-17)10-11-23(20,21)22;2*1-2-4-6-5-3-1;1-5(2,3)4;2*1-3-2/h3-5,12H,6-11,13H2,1-2H3;2*1-6H;1-2H3;2*1-2H3. The molecule has 0 bridgehead atoms. The summed E-state index contributed by atoms with van der Waals surface area (Å²) in [4.78, 5) is 14.2. The second kappa shape index (κ2) is 26.0. The van der Waals surface area contributed by atoms with Gasteiger partial charge in [-0.2, -0.15) is 0 Å². The molecular weight excluding hydrogens is 629 g/mol. The molecule has 0 N–H and O–H groups in total. The first kappa shape index (κ1) is 45.0. The highest BCUT2D eigenvalue weighted by Crippen LogP contribution is 2.13. The van der Waals surface area contributed by atoms with Crippen molar-refractivity contribution in [2.24, 2.45) is 0 Å². The molecule has 3 aromatic carbocycles. The fourth-order valence-corrected chi connectivity index (χ4v) is 4.30. The zero-order valence-electron chi connectivity index (χ0n) is 28.7. The predicted molar refractivity (Wildman–Crippen MR) is 186 cm³/mol. The van der Waals surface area contributed by atoms with Crippen LogP contribution in [-0.4, -0.2) is 123 Å². The average Bonchev–Trinajstić information content (AvgIpc) is 2.99. The second-order valence-electron chi connectivity index (χ2n) is 10.9. The van der Waals surface area contributed by atoms with Gasteiger partial charge in [-0.15, -0.1) is 0 Å². The molecule has 0 aromatic heterocycles. The zero-order valence-corrected chi connectivity index (χ0v) is 30.3. The van der Waals surface area contributed by atoms with Gasteiger partial charge in [0.05, 0.1) is 51.9 Å². The van der Waals surface area contributed by atoms with E-state index in [4.69, 9.17) is 0 Å². The van der Waals surface area contributed by atoms with Crippen LogP contribution in [0.4, 0.5) is 0 Å². The highest BCUT2D eigenvalue weighted by molar-refractivity contribution is 7.89. The maximum atomic E-state index is 12.4. The number of sulfone groups is 1. The van der Waals surface area contributed by atoms with E-state index < -0.39 is 20.0 Å². The van der Waals surface area contributed by atoms with Crippen LogP contribution in [0.25, 0.3) is 0 Å². The van der Waals surface area contributed by atoms with Gasteiger partial charge in [0, 0.05) is 41.0 Å². The van der Waals surface area contributed by atoms with E-state index in [1.165, 1.54) is 0 Å². The lowest BCUT2D eigenvalue weighted by Crippen LogP contribution is -2.59. The average molecular weight is 683 g/mol. The Labute approximate surface area is 278 Å². The van der Waals surface area contributed by atoms with Crippen LogP contribution < -0.4 is 0 Å². The van der Waals surface area contributed by atoms with Crippen LogP contribution in [0.2, 0.25) is 0 Å². The molecule has 4 rings (SSSR count). The van der Waals surface area contributed by atoms with Gasteiger partial charge >= 0.3 is 0 Å². The lowest BCUT2D eigenvalue weighted by molar-refractivity contribution is -0.910. The van der Waals surface area contributed by atoms with E-state index in [0.29, 0.717) is 43.6 Å². The minimum absolute atomic E-state index is 0.0956. The van der Waals surface area contributed by atoms with Crippen molar-refractivity contribution in [3.05, 3.63) is 108 Å². The Hall–Kier alpha value is -3.13. The Kier molecular flexibility index (Phi) is 25.4. The molecule has 1 aliphatic heterocycles. The maximum absolute atomic E-state index is 12.4. The van der Waals surface area contributed by atoms with Crippen LogP contribution in [0.15, 0.2) is 97.1 Å². The zero-order chi connectivity index (χ0) is 35.5. The molecule has 12 heteroatoms. The highest BCUT2D eigenvalue weighted by Gasteiger charge is 2.31. The van der Waals surface area contributed by atoms with Gasteiger partial charge in [0.2, 0.25) is 5.91 Å². The first-order valence-corrected chi connectivity index (χ1v) is 18.4. The summed E-state index contributed by atoms with van der Waals surface area (Å²) in [7, 11) is 1.59. The van der Waals surface area contributed by atoms with E-state index >= 15 is 0 Å². The lowest BCUT2D eigenvalue weighted by Gasteiger charge is -2.42. The second-order valence-corrected chi connectivity index (χ2v) is 14.7. The normalized spacial score (nSPS) is 13.1. The number of methoxy groups -OCH3 is 2. The van der Waals surface area contributed by atoms with E-state index in [1.807, 2.05) is 116 Å². The molecule has 0 radical (unpaired) electrons. The Morgan fingerprint density at radius 2 is 1.11 bits per heavy atom. The molecule has 1 saturated heterocycles. The smallest absolute Gasteiger partial charge is 0.227 e. The van der Waals surface area contributed by atoms with Crippen molar-refractivity contribution in [3.8, 4) is 0 Å². The van der Waals surface area contributed by atoms with Crippen LogP contribution >= 0.6 is 0 Å². The summed E-state index contributed by atoms with van der Waals surface area (Å²) in [6.45, 7) is 4.86. The van der Waals surface area contributed by atoms with Crippen molar-refractivity contribution in [1.82, 2.24) is 4.90 Å². The SMILES string of the molecule is COC.COC.CS(C)(=O)=O.Cc1cccc(CC(=O)N2CC[N+](C)(CCS(=O)(=O)[O-])CC2)c1.c1ccccc1.c1ccccc1. The number of rotatable bonds is 5. The van der Waals surface area contributed by atoms with Gasteiger partial charge in [0.1, 0.15) is 20.0 Å². The summed E-state index contributed by atoms with van der Waals surface area (Å²) in [6, 6.07) is 31.9. The van der Waals surface area contributed by atoms with Crippen LogP contribution in [-0.2, 0) is 40.6 Å². The van der Waals surface area contributed by atoms with Crippen molar-refractivity contribution in [2.75, 3.05) is 86.5 Å². The number of hydrogen-bond acceptors (Lipinski definition) is 8. The summed E-state index contributed by atoms with van der Waals surface area (Å²) in [5.74, 6) is -0.251. The van der Waals surface area contributed by atoms with Crippen molar-refractivity contribution in [3.63, 3.8) is 0 Å². The number of carbonyl (C=O) groups excluding carboxylic acids is 1. The third-order valence-corrected chi connectivity index (χ3v) is 6.51. The van der Waals surface area contributed by atoms with Crippen LogP contribution in [0.1, 0.15) is 11.1 Å². The number of aryl methyl sites for hydroxylation is 1. The Balaban J connectivity index is 0. The summed E-state index contributed by atoms with van der Waals surface area (Å²) in [5.41, 5.74) is 2.15. The van der Waals surface area contributed by atoms with E-state index in [0.717, 1.165) is 23.6 Å². The van der Waals surface area contributed by atoms with Crippen molar-refractivity contribution in [2.45, 2.75) is 13.3 Å². The van der Waals surface area contributed by atoms with Gasteiger partial charge in [0.15, 0.2) is 0 Å². The molecule has 1 heterocycles. The minimum atomic E-state index is -4.18. The number of piperazine rings is 1. The van der Waals surface area contributed by atoms with Crippen LogP contribution in [0.3, 0.4) is 0 Å². The van der Waals surface area contributed by atoms with Crippen molar-refractivity contribution < 1.29 is 40.1 Å². The number of likely N-dealkylation sites (N-methyl/N-ethyl adjacent to an activating group) is 1. The maximum Gasteiger partial charge on any atom is 0.227 e. The van der Waals surface area contributed by atoms with Crippen molar-refractivity contribution in [1.29, 1.82) is 0 Å². The fraction of sp³-hybridized carbons (Fsp3) is 0.441. The molecule has 0 saturated carbocycles. The number of carbonyl (C=O) groups is 1. The van der Waals surface area contributed by atoms with E-state index in [1.54, 1.807) is 28.4 Å². The molecule has 0 atom stereocenters. The van der Waals surface area contributed by atoms with E-state index in [-0.39, 0.29) is 11.7 Å². The van der Waals surface area contributed by atoms with Gasteiger partial charge < -0.3 is 23.4 Å². The number of hydrogen-bond donors (Lipinski definition) is 0. The monoisotopic (exact) mass is 682 g/mol. The Bertz CT molecular complexity index is 1270. The topological polar surface area (TPSA) is 130 Å². The summed E-state index contributed by atoms with van der Waals surface area (Å²) in [5, 5.41) is 0. The number of nitrogens with zero attached hydrogens (tertiary/aromatic N) is 2. The molecule has 46 heavy (non-hydrogen) atoms. The van der Waals surface area contributed by atoms with Crippen molar-refractivity contribution >= 4 is 25.9 Å². The lowest BCUT2D eigenvalue weighted by atomic mass is 10.1. The largest absolute Gasteiger partial charge is 0.748 e. The number of benzene rings is 3. The summed E-state index contributed by atoms with van der Waals surface area (Å²) in [6.07, 6.45) is 2.71. The molecule has 1 amide bonds. The van der Waals surface area contributed by atoms with Gasteiger partial charge in [0.25, 0.3) is 0 Å². The summed E-state index contributed by atoms with van der Waals surface area (Å²) < 4.78 is 60.7. The fourth-order valence-electron chi connectivity index (χ4n) is 3.63. The molecule has 260 valence electrons. The molecule has 1 fully saturated rings. The molecule has 0 aliphatic carbocycles. The number of ether oxygens (including phenoxy) is 2. The van der Waals surface area contributed by atoms with E-state index in [2.05, 4.69) is 9.47 Å². The van der Waals surface area contributed by atoms with Crippen LogP contribution in [0, 0.1) is 6.92 Å². The quantitative estimate of drug-likeness (QED) is 0.293. The Morgan fingerprint density at radius 3 is 1.41 bits per heavy atom. The highest BCUT2D eigenvalue weighted by atomic mass is 32.2. The minimum Gasteiger partial charge on any atom is -0.748 e. The summed E-state index contributed by atoms with van der Waals surface area (Å²) >= 11 is 0. The van der Waals surface area contributed by atoms with Gasteiger partial charge in [-0.25, -0.2) is 16.8 Å². The van der Waals surface area contributed by atoms with Crippen LogP contribution in [0.5, 0.6) is 0 Å². The molecule has 1 aliphatic rings. The van der Waals surface area contributed by atoms with Gasteiger partial charge in [-0.3, -0.25) is 4.79 Å². The molecule has 0 unspecified atom stereocenters. The third-order valence-electron chi connectivity index (χ3n) is 5.82. The molecule has 0 spiro atoms. The number of quaternary nitrogens is 1. The third kappa shape index (κ3) is 30.9. The first-order chi connectivity index (χ1) is 21.5. The van der Waals surface area contributed by atoms with Gasteiger partial charge in [-0.1, -0.05) is 103 Å². The number of amides is 1. The molecular formula is C34H54N2O8S2. The first-order valence-electron chi connectivity index (χ1n) is 14.6. The van der Waals surface area contributed by atoms with Gasteiger partial charge in [-0.05, 0) is 12.5 Å². The molecule has 10 nitrogen and oxygen atoms in total.